The molecule has 9 heteroatoms. The predicted octanol–water partition coefficient (Wildman–Crippen LogP) is 1.44. The highest BCUT2D eigenvalue weighted by Gasteiger charge is 2.25. The van der Waals surface area contributed by atoms with Crippen LogP contribution in [0.5, 0.6) is 0 Å². The smallest absolute Gasteiger partial charge is 0.337 e. The van der Waals surface area contributed by atoms with Gasteiger partial charge in [0.1, 0.15) is 5.82 Å². The number of hydrogen-bond donors (Lipinski definition) is 1. The van der Waals surface area contributed by atoms with Gasteiger partial charge >= 0.3 is 5.97 Å². The SMILES string of the molecule is COCCN(C)S(=O)(=O)c1cc(F)c(Cl)c(C(=O)O)c1. The summed E-state index contributed by atoms with van der Waals surface area (Å²) in [5.41, 5.74) is -0.606. The van der Waals surface area contributed by atoms with E-state index in [4.69, 9.17) is 21.4 Å². The van der Waals surface area contributed by atoms with Crippen LogP contribution < -0.4 is 0 Å². The second-order valence-corrected chi connectivity index (χ2v) is 6.31. The van der Waals surface area contributed by atoms with E-state index in [1.807, 2.05) is 0 Å². The first-order valence-electron chi connectivity index (χ1n) is 5.39. The zero-order valence-corrected chi connectivity index (χ0v) is 12.3. The van der Waals surface area contributed by atoms with Gasteiger partial charge in [-0.15, -0.1) is 0 Å². The summed E-state index contributed by atoms with van der Waals surface area (Å²) >= 11 is 5.49. The van der Waals surface area contributed by atoms with Gasteiger partial charge in [0.15, 0.2) is 0 Å². The molecule has 112 valence electrons. The summed E-state index contributed by atoms with van der Waals surface area (Å²) < 4.78 is 43.5. The molecule has 1 N–H and O–H groups in total. The van der Waals surface area contributed by atoms with Gasteiger partial charge in [-0.2, -0.15) is 4.31 Å². The molecule has 0 bridgehead atoms. The maximum Gasteiger partial charge on any atom is 0.337 e. The zero-order chi connectivity index (χ0) is 15.5. The number of likely N-dealkylation sites (N-methyl/N-ethyl adjacent to an activating group) is 1. The van der Waals surface area contributed by atoms with Crippen molar-refractivity contribution in [1.82, 2.24) is 4.31 Å². The van der Waals surface area contributed by atoms with Gasteiger partial charge in [0, 0.05) is 20.7 Å². The maximum absolute atomic E-state index is 13.5. The Bertz CT molecular complexity index is 619. The van der Waals surface area contributed by atoms with Crippen LogP contribution in [-0.2, 0) is 14.8 Å². The van der Waals surface area contributed by atoms with E-state index in [0.717, 1.165) is 10.4 Å². The number of carboxylic acid groups (broad SMARTS) is 1. The van der Waals surface area contributed by atoms with E-state index in [1.165, 1.54) is 14.2 Å². The van der Waals surface area contributed by atoms with Crippen molar-refractivity contribution >= 4 is 27.6 Å². The van der Waals surface area contributed by atoms with Crippen LogP contribution in [0.2, 0.25) is 5.02 Å². The van der Waals surface area contributed by atoms with E-state index in [-0.39, 0.29) is 13.2 Å². The molecule has 0 radical (unpaired) electrons. The van der Waals surface area contributed by atoms with Crippen LogP contribution in [0, 0.1) is 5.82 Å². The van der Waals surface area contributed by atoms with E-state index in [9.17, 15) is 17.6 Å². The number of halogens is 2. The second-order valence-electron chi connectivity index (χ2n) is 3.89. The van der Waals surface area contributed by atoms with Gasteiger partial charge in [-0.1, -0.05) is 11.6 Å². The highest BCUT2D eigenvalue weighted by Crippen LogP contribution is 2.25. The molecule has 0 aromatic heterocycles. The Morgan fingerprint density at radius 1 is 1.50 bits per heavy atom. The Hall–Kier alpha value is -1.22. The molecule has 0 atom stereocenters. The van der Waals surface area contributed by atoms with Crippen molar-refractivity contribution in [2.75, 3.05) is 27.3 Å². The molecule has 1 aromatic rings. The summed E-state index contributed by atoms with van der Waals surface area (Å²) in [6.07, 6.45) is 0. The normalized spacial score (nSPS) is 11.8. The first-order chi connectivity index (χ1) is 9.21. The van der Waals surface area contributed by atoms with E-state index in [2.05, 4.69) is 0 Å². The van der Waals surface area contributed by atoms with Crippen LogP contribution in [0.3, 0.4) is 0 Å². The lowest BCUT2D eigenvalue weighted by atomic mass is 10.2. The third kappa shape index (κ3) is 3.45. The first kappa shape index (κ1) is 16.8. The molecule has 0 saturated heterocycles. The Balaban J connectivity index is 3.29. The number of carboxylic acids is 1. The van der Waals surface area contributed by atoms with Gasteiger partial charge in [-0.3, -0.25) is 0 Å². The number of rotatable bonds is 6. The standard InChI is InChI=1S/C11H13ClFNO5S/c1-14(3-4-19-2)20(17,18)7-5-8(11(15)16)10(12)9(13)6-7/h5-6H,3-4H2,1-2H3,(H,15,16). The number of hydrogen-bond acceptors (Lipinski definition) is 4. The molecule has 0 spiro atoms. The van der Waals surface area contributed by atoms with E-state index < -0.39 is 37.3 Å². The lowest BCUT2D eigenvalue weighted by Crippen LogP contribution is -2.30. The topological polar surface area (TPSA) is 83.9 Å². The number of methoxy groups -OCH3 is 1. The van der Waals surface area contributed by atoms with Gasteiger partial charge < -0.3 is 9.84 Å². The van der Waals surface area contributed by atoms with Gasteiger partial charge in [0.05, 0.1) is 22.1 Å². The predicted molar refractivity (Wildman–Crippen MR) is 70.1 cm³/mol. The van der Waals surface area contributed by atoms with E-state index in [0.29, 0.717) is 6.07 Å². The number of aromatic carboxylic acids is 1. The van der Waals surface area contributed by atoms with Crippen LogP contribution in [0.25, 0.3) is 0 Å². The van der Waals surface area contributed by atoms with Gasteiger partial charge in [0.25, 0.3) is 0 Å². The summed E-state index contributed by atoms with van der Waals surface area (Å²) in [4.78, 5) is 10.4. The Labute approximate surface area is 120 Å². The van der Waals surface area contributed by atoms with Crippen LogP contribution in [-0.4, -0.2) is 51.1 Å². The Morgan fingerprint density at radius 3 is 2.60 bits per heavy atom. The minimum atomic E-state index is -4.02. The molecule has 6 nitrogen and oxygen atoms in total. The zero-order valence-electron chi connectivity index (χ0n) is 10.8. The minimum absolute atomic E-state index is 0.0471. The fraction of sp³-hybridized carbons (Fsp3) is 0.364. The molecule has 0 aliphatic heterocycles. The molecule has 0 unspecified atom stereocenters. The summed E-state index contributed by atoms with van der Waals surface area (Å²) in [6.45, 7) is 0.197. The quantitative estimate of drug-likeness (QED) is 0.855. The highest BCUT2D eigenvalue weighted by atomic mass is 35.5. The van der Waals surface area contributed by atoms with Gasteiger partial charge in [-0.25, -0.2) is 17.6 Å². The van der Waals surface area contributed by atoms with Crippen LogP contribution in [0.15, 0.2) is 17.0 Å². The summed E-state index contributed by atoms with van der Waals surface area (Å²) in [6, 6.07) is 1.51. The molecular weight excluding hydrogens is 313 g/mol. The van der Waals surface area contributed by atoms with E-state index in [1.54, 1.807) is 0 Å². The molecule has 0 aliphatic rings. The Kier molecular flexibility index (Phi) is 5.46. The summed E-state index contributed by atoms with van der Waals surface area (Å²) in [7, 11) is -1.33. The van der Waals surface area contributed by atoms with Crippen molar-refractivity contribution in [3.05, 3.63) is 28.5 Å². The van der Waals surface area contributed by atoms with Crippen LogP contribution >= 0.6 is 11.6 Å². The molecule has 0 heterocycles. The molecule has 1 aromatic carbocycles. The number of ether oxygens (including phenoxy) is 1. The number of carbonyl (C=O) groups is 1. The average Bonchev–Trinajstić information content (AvgIpc) is 2.38. The van der Waals surface area contributed by atoms with Crippen LogP contribution in [0.1, 0.15) is 10.4 Å². The summed E-state index contributed by atoms with van der Waals surface area (Å²) in [5, 5.41) is 8.25. The van der Waals surface area contributed by atoms with Crippen molar-refractivity contribution in [2.45, 2.75) is 4.90 Å². The molecule has 20 heavy (non-hydrogen) atoms. The molecule has 0 amide bonds. The van der Waals surface area contributed by atoms with E-state index >= 15 is 0 Å². The minimum Gasteiger partial charge on any atom is -0.478 e. The van der Waals surface area contributed by atoms with Gasteiger partial charge in [-0.05, 0) is 12.1 Å². The highest BCUT2D eigenvalue weighted by molar-refractivity contribution is 7.89. The third-order valence-corrected chi connectivity index (χ3v) is 4.77. The number of benzene rings is 1. The van der Waals surface area contributed by atoms with Crippen molar-refractivity contribution in [2.24, 2.45) is 0 Å². The Morgan fingerprint density at radius 2 is 2.10 bits per heavy atom. The largest absolute Gasteiger partial charge is 0.478 e. The average molecular weight is 326 g/mol. The summed E-state index contributed by atoms with van der Waals surface area (Å²) in [5.74, 6) is -2.62. The molecule has 0 aliphatic carbocycles. The molecule has 0 fully saturated rings. The molecule has 0 saturated carbocycles. The lowest BCUT2D eigenvalue weighted by molar-refractivity contribution is 0.0696. The van der Waals surface area contributed by atoms with Crippen molar-refractivity contribution < 1.29 is 27.4 Å². The fourth-order valence-corrected chi connectivity index (χ4v) is 2.77. The second kappa shape index (κ2) is 6.49. The number of sulfonamides is 1. The van der Waals surface area contributed by atoms with Crippen LogP contribution in [0.4, 0.5) is 4.39 Å². The number of nitrogens with zero attached hydrogens (tertiary/aromatic N) is 1. The van der Waals surface area contributed by atoms with Gasteiger partial charge in [0.2, 0.25) is 10.0 Å². The third-order valence-electron chi connectivity index (χ3n) is 2.55. The fourth-order valence-electron chi connectivity index (χ4n) is 1.39. The first-order valence-corrected chi connectivity index (χ1v) is 7.21. The van der Waals surface area contributed by atoms with Crippen molar-refractivity contribution in [1.29, 1.82) is 0 Å². The monoisotopic (exact) mass is 325 g/mol. The molecular formula is C11H13ClFNO5S. The lowest BCUT2D eigenvalue weighted by Gasteiger charge is -2.17. The van der Waals surface area contributed by atoms with Crippen molar-refractivity contribution in [3.8, 4) is 0 Å². The maximum atomic E-state index is 13.5. The van der Waals surface area contributed by atoms with Crippen molar-refractivity contribution in [3.63, 3.8) is 0 Å². The molecule has 1 rings (SSSR count).